The lowest BCUT2D eigenvalue weighted by Crippen LogP contribution is -2.15. The quantitative estimate of drug-likeness (QED) is 0.470. The van der Waals surface area contributed by atoms with Gasteiger partial charge in [-0.1, -0.05) is 33.6 Å². The first-order chi connectivity index (χ1) is 11.1. The molecule has 0 bridgehead atoms. The van der Waals surface area contributed by atoms with Gasteiger partial charge in [0.05, 0.1) is 10.5 Å². The number of nitrogens with zero attached hydrogens (tertiary/aromatic N) is 1. The fourth-order valence-electron chi connectivity index (χ4n) is 2.25. The number of nitrogens with one attached hydrogen (secondary N) is 1. The lowest BCUT2D eigenvalue weighted by molar-refractivity contribution is -0.384. The van der Waals surface area contributed by atoms with E-state index in [-0.39, 0.29) is 22.0 Å². The van der Waals surface area contributed by atoms with E-state index in [1.54, 1.807) is 0 Å². The smallest absolute Gasteiger partial charge is 0.373 e. The number of benzene rings is 2. The zero-order valence-corrected chi connectivity index (χ0v) is 14.5. The third-order valence-corrected chi connectivity index (χ3v) is 4.04. The SMILES string of the molecule is C[C@@H](Nc1cc(Br)ccc1[N+](=O)[O-])c1ccc(Cl)cc1C(F)(F)F. The van der Waals surface area contributed by atoms with Crippen molar-refractivity contribution in [2.24, 2.45) is 0 Å². The Morgan fingerprint density at radius 1 is 1.25 bits per heavy atom. The van der Waals surface area contributed by atoms with Gasteiger partial charge in [0.25, 0.3) is 5.69 Å². The molecule has 24 heavy (non-hydrogen) atoms. The first-order valence-electron chi connectivity index (χ1n) is 6.66. The van der Waals surface area contributed by atoms with Gasteiger partial charge < -0.3 is 5.32 Å². The average molecular weight is 424 g/mol. The highest BCUT2D eigenvalue weighted by molar-refractivity contribution is 9.10. The topological polar surface area (TPSA) is 55.2 Å². The number of halogens is 5. The molecule has 0 amide bonds. The summed E-state index contributed by atoms with van der Waals surface area (Å²) in [5, 5.41) is 13.8. The number of nitro benzene ring substituents is 1. The molecule has 2 aromatic carbocycles. The van der Waals surface area contributed by atoms with Crippen LogP contribution in [0.15, 0.2) is 40.9 Å². The van der Waals surface area contributed by atoms with Crippen LogP contribution in [0.1, 0.15) is 24.1 Å². The second-order valence-corrected chi connectivity index (χ2v) is 6.37. The summed E-state index contributed by atoms with van der Waals surface area (Å²) in [5.74, 6) is 0. The molecule has 0 unspecified atom stereocenters. The van der Waals surface area contributed by atoms with Crippen molar-refractivity contribution in [3.63, 3.8) is 0 Å². The molecule has 0 aromatic heterocycles. The van der Waals surface area contributed by atoms with Crippen molar-refractivity contribution in [3.05, 3.63) is 67.1 Å². The van der Waals surface area contributed by atoms with Gasteiger partial charge in [-0.25, -0.2) is 0 Å². The van der Waals surface area contributed by atoms with Crippen LogP contribution in [0.25, 0.3) is 0 Å². The van der Waals surface area contributed by atoms with Crippen molar-refractivity contribution in [1.29, 1.82) is 0 Å². The van der Waals surface area contributed by atoms with Gasteiger partial charge in [0.2, 0.25) is 0 Å². The zero-order chi connectivity index (χ0) is 18.1. The highest BCUT2D eigenvalue weighted by atomic mass is 79.9. The Bertz CT molecular complexity index is 784. The Morgan fingerprint density at radius 3 is 2.50 bits per heavy atom. The summed E-state index contributed by atoms with van der Waals surface area (Å²) in [6.45, 7) is 1.49. The molecule has 1 N–H and O–H groups in total. The summed E-state index contributed by atoms with van der Waals surface area (Å²) >= 11 is 8.85. The molecule has 2 aromatic rings. The molecule has 0 aliphatic heterocycles. The van der Waals surface area contributed by atoms with E-state index < -0.39 is 22.7 Å². The van der Waals surface area contributed by atoms with Crippen LogP contribution in [0.5, 0.6) is 0 Å². The van der Waals surface area contributed by atoms with Crippen LogP contribution in [0.4, 0.5) is 24.5 Å². The van der Waals surface area contributed by atoms with Crippen molar-refractivity contribution in [2.45, 2.75) is 19.1 Å². The van der Waals surface area contributed by atoms with Crippen molar-refractivity contribution in [3.8, 4) is 0 Å². The van der Waals surface area contributed by atoms with Crippen LogP contribution >= 0.6 is 27.5 Å². The van der Waals surface area contributed by atoms with Gasteiger partial charge in [0.1, 0.15) is 5.69 Å². The Balaban J connectivity index is 2.43. The molecule has 0 saturated carbocycles. The monoisotopic (exact) mass is 422 g/mol. The standard InChI is InChI=1S/C15H11BrClF3N2O2/c1-8(11-4-3-10(17)7-12(11)15(18,19)20)21-13-6-9(16)2-5-14(13)22(23)24/h2-8,21H,1H3/t8-/m1/s1. The molecular formula is C15H11BrClF3N2O2. The van der Waals surface area contributed by atoms with Gasteiger partial charge in [0, 0.05) is 21.6 Å². The molecule has 0 aliphatic carbocycles. The summed E-state index contributed by atoms with van der Waals surface area (Å²) in [4.78, 5) is 10.5. The van der Waals surface area contributed by atoms with Gasteiger partial charge in [-0.15, -0.1) is 0 Å². The number of nitro groups is 1. The number of hydrogen-bond acceptors (Lipinski definition) is 3. The van der Waals surface area contributed by atoms with Gasteiger partial charge in [0.15, 0.2) is 0 Å². The minimum absolute atomic E-state index is 0.0355. The van der Waals surface area contributed by atoms with E-state index in [2.05, 4.69) is 21.2 Å². The summed E-state index contributed by atoms with van der Waals surface area (Å²) in [5.41, 5.74) is -1.05. The molecule has 128 valence electrons. The predicted octanol–water partition coefficient (Wildman–Crippen LogP) is 6.20. The zero-order valence-electron chi connectivity index (χ0n) is 12.2. The fraction of sp³-hybridized carbons (Fsp3) is 0.200. The molecule has 2 rings (SSSR count). The summed E-state index contributed by atoms with van der Waals surface area (Å²) in [7, 11) is 0. The van der Waals surface area contributed by atoms with E-state index in [9.17, 15) is 23.3 Å². The maximum Gasteiger partial charge on any atom is 0.416 e. The second-order valence-electron chi connectivity index (χ2n) is 5.01. The molecular weight excluding hydrogens is 413 g/mol. The first-order valence-corrected chi connectivity index (χ1v) is 7.84. The van der Waals surface area contributed by atoms with E-state index in [4.69, 9.17) is 11.6 Å². The highest BCUT2D eigenvalue weighted by Gasteiger charge is 2.35. The third kappa shape index (κ3) is 4.18. The summed E-state index contributed by atoms with van der Waals surface area (Å²) in [6.07, 6.45) is -4.58. The van der Waals surface area contributed by atoms with E-state index in [0.717, 1.165) is 6.07 Å². The highest BCUT2D eigenvalue weighted by Crippen LogP contribution is 2.38. The van der Waals surface area contributed by atoms with Crippen LogP contribution in [0, 0.1) is 10.1 Å². The van der Waals surface area contributed by atoms with Crippen molar-refractivity contribution in [1.82, 2.24) is 0 Å². The molecule has 0 fully saturated rings. The number of anilines is 1. The first kappa shape index (κ1) is 18.5. The second kappa shape index (κ2) is 6.98. The third-order valence-electron chi connectivity index (χ3n) is 3.31. The number of alkyl halides is 3. The molecule has 0 aliphatic rings. The molecule has 0 spiro atoms. The maximum atomic E-state index is 13.2. The van der Waals surface area contributed by atoms with Gasteiger partial charge in [-0.3, -0.25) is 10.1 Å². The fourth-order valence-corrected chi connectivity index (χ4v) is 2.78. The van der Waals surface area contributed by atoms with Crippen LogP contribution in [0.3, 0.4) is 0 Å². The van der Waals surface area contributed by atoms with Crippen LogP contribution in [-0.4, -0.2) is 4.92 Å². The predicted molar refractivity (Wildman–Crippen MR) is 89.3 cm³/mol. The molecule has 9 heteroatoms. The van der Waals surface area contributed by atoms with E-state index in [1.807, 2.05) is 0 Å². The van der Waals surface area contributed by atoms with E-state index in [1.165, 1.54) is 37.3 Å². The van der Waals surface area contributed by atoms with Crippen LogP contribution in [0.2, 0.25) is 5.02 Å². The largest absolute Gasteiger partial charge is 0.416 e. The lowest BCUT2D eigenvalue weighted by Gasteiger charge is -2.21. The summed E-state index contributed by atoms with van der Waals surface area (Å²) in [6, 6.07) is 6.81. The van der Waals surface area contributed by atoms with Crippen LogP contribution < -0.4 is 5.32 Å². The number of rotatable bonds is 4. The number of hydrogen-bond donors (Lipinski definition) is 1. The molecule has 1 atom stereocenters. The van der Waals surface area contributed by atoms with E-state index >= 15 is 0 Å². The Labute approximate surface area is 148 Å². The Morgan fingerprint density at radius 2 is 1.92 bits per heavy atom. The van der Waals surface area contributed by atoms with Gasteiger partial charge in [-0.05, 0) is 36.8 Å². The van der Waals surface area contributed by atoms with Crippen molar-refractivity contribution >= 4 is 38.9 Å². The van der Waals surface area contributed by atoms with Crippen molar-refractivity contribution in [2.75, 3.05) is 5.32 Å². The normalized spacial score (nSPS) is 12.8. The summed E-state index contributed by atoms with van der Waals surface area (Å²) < 4.78 is 40.2. The minimum Gasteiger partial charge on any atom is -0.373 e. The minimum atomic E-state index is -4.58. The molecule has 4 nitrogen and oxygen atoms in total. The molecule has 0 radical (unpaired) electrons. The van der Waals surface area contributed by atoms with Gasteiger partial charge in [-0.2, -0.15) is 13.2 Å². The molecule has 0 heterocycles. The molecule has 0 saturated heterocycles. The van der Waals surface area contributed by atoms with E-state index in [0.29, 0.717) is 4.47 Å². The van der Waals surface area contributed by atoms with Crippen LogP contribution in [-0.2, 0) is 6.18 Å². The average Bonchev–Trinajstić information content (AvgIpc) is 2.45. The lowest BCUT2D eigenvalue weighted by atomic mass is 10.0. The van der Waals surface area contributed by atoms with Crippen molar-refractivity contribution < 1.29 is 18.1 Å². The van der Waals surface area contributed by atoms with Gasteiger partial charge >= 0.3 is 6.18 Å². The Hall–Kier alpha value is -1.80. The maximum absolute atomic E-state index is 13.2. The Kier molecular flexibility index (Phi) is 5.39.